The van der Waals surface area contributed by atoms with Gasteiger partial charge in [0.25, 0.3) is 5.91 Å². The van der Waals surface area contributed by atoms with Gasteiger partial charge in [0.05, 0.1) is 34.6 Å². The summed E-state index contributed by atoms with van der Waals surface area (Å²) in [7, 11) is 0. The monoisotopic (exact) mass is 568 g/mol. The number of carbonyl (C=O) groups excluding carboxylic acids is 2. The van der Waals surface area contributed by atoms with E-state index < -0.39 is 18.6 Å². The van der Waals surface area contributed by atoms with Crippen LogP contribution >= 0.6 is 23.2 Å². The van der Waals surface area contributed by atoms with Crippen LogP contribution in [-0.2, 0) is 16.0 Å². The number of halogens is 5. The highest BCUT2D eigenvalue weighted by Crippen LogP contribution is 2.55. The molecule has 38 heavy (non-hydrogen) atoms. The Morgan fingerprint density at radius 2 is 1.63 bits per heavy atom. The fourth-order valence-corrected chi connectivity index (χ4v) is 5.97. The van der Waals surface area contributed by atoms with E-state index in [2.05, 4.69) is 0 Å². The summed E-state index contributed by atoms with van der Waals surface area (Å²) < 4.78 is 38.3. The Hall–Kier alpha value is -2.78. The third-order valence-corrected chi connectivity index (χ3v) is 8.30. The SMILES string of the molecule is O=C(O)CCC(=O)N(C1CC1)C1c2cc(Cl)c(Cl)cc2N(C(=O)c2ccc(CC(F)(F)F)cc2)C2CCC21. The number of alkyl halides is 3. The molecule has 2 aliphatic carbocycles. The number of benzene rings is 2. The van der Waals surface area contributed by atoms with Gasteiger partial charge in [-0.3, -0.25) is 14.4 Å². The molecule has 1 heterocycles. The van der Waals surface area contributed by atoms with E-state index in [4.69, 9.17) is 28.3 Å². The number of hydrogen-bond donors (Lipinski definition) is 1. The molecule has 0 spiro atoms. The van der Waals surface area contributed by atoms with Crippen molar-refractivity contribution in [3.8, 4) is 0 Å². The lowest BCUT2D eigenvalue weighted by Crippen LogP contribution is -2.59. The number of carboxylic acids is 1. The quantitative estimate of drug-likeness (QED) is 0.417. The normalized spacial score (nSPS) is 22.2. The van der Waals surface area contributed by atoms with Gasteiger partial charge >= 0.3 is 12.1 Å². The van der Waals surface area contributed by atoms with E-state index >= 15 is 0 Å². The molecule has 3 atom stereocenters. The van der Waals surface area contributed by atoms with Crippen molar-refractivity contribution in [3.05, 3.63) is 63.1 Å². The first kappa shape index (κ1) is 26.8. The minimum absolute atomic E-state index is 0.00622. The number of rotatable bonds is 7. The molecule has 2 amide bonds. The summed E-state index contributed by atoms with van der Waals surface area (Å²) in [5, 5.41) is 9.61. The highest BCUT2D eigenvalue weighted by molar-refractivity contribution is 6.42. The third-order valence-electron chi connectivity index (χ3n) is 7.58. The van der Waals surface area contributed by atoms with Crippen molar-refractivity contribution < 1.29 is 32.7 Å². The maximum absolute atomic E-state index is 13.8. The average molecular weight is 569 g/mol. The molecule has 1 aliphatic heterocycles. The summed E-state index contributed by atoms with van der Waals surface area (Å²) in [6.45, 7) is 0. The molecular formula is C27H25Cl2F3N2O4. The number of amides is 2. The van der Waals surface area contributed by atoms with E-state index in [1.165, 1.54) is 24.3 Å². The zero-order valence-electron chi connectivity index (χ0n) is 20.2. The summed E-state index contributed by atoms with van der Waals surface area (Å²) >= 11 is 12.8. The van der Waals surface area contributed by atoms with Crippen molar-refractivity contribution in [2.75, 3.05) is 4.90 Å². The van der Waals surface area contributed by atoms with Gasteiger partial charge in [0.1, 0.15) is 0 Å². The van der Waals surface area contributed by atoms with Crippen LogP contribution in [0.15, 0.2) is 36.4 Å². The van der Waals surface area contributed by atoms with E-state index in [0.29, 0.717) is 17.7 Å². The van der Waals surface area contributed by atoms with Crippen LogP contribution in [0.4, 0.5) is 18.9 Å². The van der Waals surface area contributed by atoms with Crippen molar-refractivity contribution in [1.82, 2.24) is 4.90 Å². The van der Waals surface area contributed by atoms with Crippen LogP contribution in [0.2, 0.25) is 10.0 Å². The van der Waals surface area contributed by atoms with Gasteiger partial charge in [-0.1, -0.05) is 35.3 Å². The number of carbonyl (C=O) groups is 3. The fraction of sp³-hybridized carbons (Fsp3) is 0.444. The Kier molecular flexibility index (Phi) is 7.11. The van der Waals surface area contributed by atoms with Gasteiger partial charge in [0, 0.05) is 35.5 Å². The molecule has 5 rings (SSSR count). The van der Waals surface area contributed by atoms with Gasteiger partial charge in [0.2, 0.25) is 5.91 Å². The van der Waals surface area contributed by atoms with Gasteiger partial charge in [-0.25, -0.2) is 0 Å². The van der Waals surface area contributed by atoms with Crippen LogP contribution in [0.25, 0.3) is 0 Å². The summed E-state index contributed by atoms with van der Waals surface area (Å²) in [4.78, 5) is 41.6. The first-order valence-electron chi connectivity index (χ1n) is 12.5. The Labute approximate surface area is 227 Å². The van der Waals surface area contributed by atoms with Gasteiger partial charge in [-0.15, -0.1) is 0 Å². The van der Waals surface area contributed by atoms with Crippen LogP contribution in [-0.4, -0.2) is 46.1 Å². The second-order valence-corrected chi connectivity index (χ2v) is 11.0. The summed E-state index contributed by atoms with van der Waals surface area (Å²) in [6.07, 6.45) is -2.76. The van der Waals surface area contributed by atoms with Gasteiger partial charge in [0.15, 0.2) is 0 Å². The lowest BCUT2D eigenvalue weighted by atomic mass is 9.67. The van der Waals surface area contributed by atoms with Crippen LogP contribution in [0, 0.1) is 5.92 Å². The summed E-state index contributed by atoms with van der Waals surface area (Å²) in [6, 6.07) is 8.03. The number of fused-ring (bicyclic) bond motifs is 2. The maximum Gasteiger partial charge on any atom is 0.393 e. The largest absolute Gasteiger partial charge is 0.481 e. The zero-order valence-corrected chi connectivity index (χ0v) is 21.7. The topological polar surface area (TPSA) is 77.9 Å². The van der Waals surface area contributed by atoms with E-state index in [0.717, 1.165) is 19.3 Å². The molecular weight excluding hydrogens is 544 g/mol. The molecule has 0 aromatic heterocycles. The molecule has 2 fully saturated rings. The highest BCUT2D eigenvalue weighted by Gasteiger charge is 2.53. The fourth-order valence-electron chi connectivity index (χ4n) is 5.64. The molecule has 3 aliphatic rings. The standard InChI is InChI=1S/C27H25Cl2F3N2O4/c28-19-11-18-22(12-20(19)29)34(26(38)15-3-1-14(2-4-15)13-27(30,31)32)21-8-7-17(21)25(18)33(16-5-6-16)23(35)9-10-24(36)37/h1-4,11-12,16-17,21,25H,5-10,13H2,(H,36,37). The van der Waals surface area contributed by atoms with E-state index in [1.54, 1.807) is 21.9 Å². The Morgan fingerprint density at radius 1 is 0.974 bits per heavy atom. The Morgan fingerprint density at radius 3 is 2.18 bits per heavy atom. The minimum Gasteiger partial charge on any atom is -0.481 e. The second-order valence-electron chi connectivity index (χ2n) is 10.2. The van der Waals surface area contributed by atoms with E-state index in [-0.39, 0.29) is 69.9 Å². The molecule has 2 aromatic rings. The molecule has 202 valence electrons. The minimum atomic E-state index is -4.35. The van der Waals surface area contributed by atoms with Crippen LogP contribution in [0.3, 0.4) is 0 Å². The van der Waals surface area contributed by atoms with Gasteiger partial charge < -0.3 is 14.9 Å². The zero-order chi connectivity index (χ0) is 27.4. The van der Waals surface area contributed by atoms with Crippen molar-refractivity contribution in [1.29, 1.82) is 0 Å². The maximum atomic E-state index is 13.8. The van der Waals surface area contributed by atoms with Gasteiger partial charge in [-0.2, -0.15) is 13.2 Å². The number of hydrogen-bond acceptors (Lipinski definition) is 3. The Bertz CT molecular complexity index is 1280. The van der Waals surface area contributed by atoms with Crippen molar-refractivity contribution in [3.63, 3.8) is 0 Å². The average Bonchev–Trinajstić information content (AvgIpc) is 3.65. The number of anilines is 1. The summed E-state index contributed by atoms with van der Waals surface area (Å²) in [5.74, 6) is -1.76. The van der Waals surface area contributed by atoms with Crippen LogP contribution in [0.5, 0.6) is 0 Å². The van der Waals surface area contributed by atoms with Crippen molar-refractivity contribution >= 4 is 46.7 Å². The van der Waals surface area contributed by atoms with Crippen molar-refractivity contribution in [2.45, 2.75) is 69.2 Å². The number of aliphatic carboxylic acids is 1. The molecule has 0 radical (unpaired) electrons. The second kappa shape index (κ2) is 10.1. The molecule has 2 aromatic carbocycles. The predicted octanol–water partition coefficient (Wildman–Crippen LogP) is 6.43. The molecule has 1 N–H and O–H groups in total. The van der Waals surface area contributed by atoms with E-state index in [1.807, 2.05) is 0 Å². The molecule has 6 nitrogen and oxygen atoms in total. The Balaban J connectivity index is 1.52. The highest BCUT2D eigenvalue weighted by atomic mass is 35.5. The predicted molar refractivity (Wildman–Crippen MR) is 135 cm³/mol. The molecule has 0 saturated heterocycles. The molecule has 0 bridgehead atoms. The van der Waals surface area contributed by atoms with Crippen molar-refractivity contribution in [2.24, 2.45) is 5.92 Å². The lowest BCUT2D eigenvalue weighted by Gasteiger charge is -2.55. The third kappa shape index (κ3) is 5.23. The smallest absolute Gasteiger partial charge is 0.393 e. The number of nitrogens with zero attached hydrogens (tertiary/aromatic N) is 2. The number of carboxylic acid groups (broad SMARTS) is 1. The molecule has 3 unspecified atom stereocenters. The lowest BCUT2D eigenvalue weighted by molar-refractivity contribution is -0.143. The summed E-state index contributed by atoms with van der Waals surface area (Å²) in [5.41, 5.74) is 1.47. The first-order chi connectivity index (χ1) is 17.9. The van der Waals surface area contributed by atoms with Gasteiger partial charge in [-0.05, 0) is 55.5 Å². The van der Waals surface area contributed by atoms with Crippen LogP contribution in [0.1, 0.15) is 66.1 Å². The first-order valence-corrected chi connectivity index (χ1v) is 13.2. The van der Waals surface area contributed by atoms with Crippen LogP contribution < -0.4 is 4.90 Å². The van der Waals surface area contributed by atoms with E-state index in [9.17, 15) is 27.6 Å². The molecule has 11 heteroatoms. The molecule has 2 saturated carbocycles.